The minimum absolute atomic E-state index is 0.199. The van der Waals surface area contributed by atoms with Gasteiger partial charge in [-0.05, 0) is 37.3 Å². The van der Waals surface area contributed by atoms with Crippen LogP contribution in [0.25, 0.3) is 0 Å². The SMILES string of the molecule is Cc1c(/C=N\NC(=O)CSc2ccc(Cl)cc2)cc(C#N)n1C. The van der Waals surface area contributed by atoms with Crippen LogP contribution in [0.5, 0.6) is 0 Å². The van der Waals surface area contributed by atoms with Gasteiger partial charge in [-0.1, -0.05) is 11.6 Å². The Labute approximate surface area is 143 Å². The molecule has 0 saturated carbocycles. The molecule has 118 valence electrons. The van der Waals surface area contributed by atoms with E-state index in [1.165, 1.54) is 11.8 Å². The Morgan fingerprint density at radius 3 is 2.78 bits per heavy atom. The van der Waals surface area contributed by atoms with Crippen molar-refractivity contribution in [3.8, 4) is 6.07 Å². The lowest BCUT2D eigenvalue weighted by atomic mass is 10.3. The molecule has 1 heterocycles. The van der Waals surface area contributed by atoms with E-state index in [1.807, 2.05) is 26.1 Å². The number of amides is 1. The molecule has 0 fully saturated rings. The van der Waals surface area contributed by atoms with E-state index in [2.05, 4.69) is 16.6 Å². The molecule has 0 aliphatic carbocycles. The van der Waals surface area contributed by atoms with Gasteiger partial charge in [-0.2, -0.15) is 10.4 Å². The topological polar surface area (TPSA) is 70.2 Å². The van der Waals surface area contributed by atoms with Gasteiger partial charge in [-0.25, -0.2) is 5.43 Å². The molecule has 1 aromatic carbocycles. The van der Waals surface area contributed by atoms with Crippen LogP contribution < -0.4 is 5.43 Å². The summed E-state index contributed by atoms with van der Waals surface area (Å²) < 4.78 is 1.78. The Morgan fingerprint density at radius 2 is 2.17 bits per heavy atom. The monoisotopic (exact) mass is 346 g/mol. The molecule has 0 bridgehead atoms. The van der Waals surface area contributed by atoms with Crippen molar-refractivity contribution in [2.75, 3.05) is 5.75 Å². The summed E-state index contributed by atoms with van der Waals surface area (Å²) in [6, 6.07) is 11.1. The van der Waals surface area contributed by atoms with Gasteiger partial charge in [0.2, 0.25) is 5.91 Å². The quantitative estimate of drug-likeness (QED) is 0.513. The number of hydrazone groups is 1. The molecule has 23 heavy (non-hydrogen) atoms. The molecular formula is C16H15ClN4OS. The number of benzene rings is 1. The number of carbonyl (C=O) groups excluding carboxylic acids is 1. The first-order valence-electron chi connectivity index (χ1n) is 6.78. The molecule has 0 unspecified atom stereocenters. The molecule has 2 rings (SSSR count). The molecule has 5 nitrogen and oxygen atoms in total. The Kier molecular flexibility index (Phi) is 5.85. The maximum Gasteiger partial charge on any atom is 0.250 e. The zero-order valence-corrected chi connectivity index (χ0v) is 14.3. The molecule has 1 N–H and O–H groups in total. The first kappa shape index (κ1) is 17.1. The van der Waals surface area contributed by atoms with Crippen LogP contribution in [-0.4, -0.2) is 22.4 Å². The van der Waals surface area contributed by atoms with Crippen molar-refractivity contribution >= 4 is 35.5 Å². The van der Waals surface area contributed by atoms with Gasteiger partial charge in [0.1, 0.15) is 11.8 Å². The van der Waals surface area contributed by atoms with Gasteiger partial charge in [-0.3, -0.25) is 4.79 Å². The van der Waals surface area contributed by atoms with Crippen LogP contribution in [0.15, 0.2) is 40.3 Å². The lowest BCUT2D eigenvalue weighted by Gasteiger charge is -2.01. The van der Waals surface area contributed by atoms with Crippen LogP contribution in [0.4, 0.5) is 0 Å². The second kappa shape index (κ2) is 7.86. The number of aromatic nitrogens is 1. The summed E-state index contributed by atoms with van der Waals surface area (Å²) in [6.07, 6.45) is 1.54. The number of thioether (sulfide) groups is 1. The molecule has 1 amide bonds. The second-order valence-electron chi connectivity index (χ2n) is 4.78. The van der Waals surface area contributed by atoms with E-state index >= 15 is 0 Å². The predicted octanol–water partition coefficient (Wildman–Crippen LogP) is 3.10. The van der Waals surface area contributed by atoms with E-state index in [-0.39, 0.29) is 11.7 Å². The number of halogens is 1. The predicted molar refractivity (Wildman–Crippen MR) is 92.8 cm³/mol. The number of hydrogen-bond acceptors (Lipinski definition) is 4. The summed E-state index contributed by atoms with van der Waals surface area (Å²) >= 11 is 7.21. The first-order valence-corrected chi connectivity index (χ1v) is 8.14. The Hall–Kier alpha value is -2.23. The highest BCUT2D eigenvalue weighted by Gasteiger charge is 2.07. The van der Waals surface area contributed by atoms with Gasteiger partial charge in [0.15, 0.2) is 0 Å². The summed E-state index contributed by atoms with van der Waals surface area (Å²) in [5.41, 5.74) is 4.74. The van der Waals surface area contributed by atoms with Crippen molar-refractivity contribution in [2.24, 2.45) is 12.1 Å². The van der Waals surface area contributed by atoms with Crippen molar-refractivity contribution in [2.45, 2.75) is 11.8 Å². The van der Waals surface area contributed by atoms with Gasteiger partial charge in [0, 0.05) is 28.2 Å². The lowest BCUT2D eigenvalue weighted by Crippen LogP contribution is -2.19. The van der Waals surface area contributed by atoms with E-state index < -0.39 is 0 Å². The van der Waals surface area contributed by atoms with E-state index in [4.69, 9.17) is 16.9 Å². The Morgan fingerprint density at radius 1 is 1.48 bits per heavy atom. The van der Waals surface area contributed by atoms with E-state index in [1.54, 1.807) is 29.0 Å². The van der Waals surface area contributed by atoms with Gasteiger partial charge in [0.25, 0.3) is 0 Å². The summed E-state index contributed by atoms with van der Waals surface area (Å²) in [4.78, 5) is 12.7. The van der Waals surface area contributed by atoms with Gasteiger partial charge in [-0.15, -0.1) is 11.8 Å². The third-order valence-corrected chi connectivity index (χ3v) is 4.53. The number of carbonyl (C=O) groups is 1. The second-order valence-corrected chi connectivity index (χ2v) is 6.26. The molecule has 0 aliphatic rings. The highest BCUT2D eigenvalue weighted by molar-refractivity contribution is 8.00. The highest BCUT2D eigenvalue weighted by atomic mass is 35.5. The lowest BCUT2D eigenvalue weighted by molar-refractivity contribution is -0.118. The summed E-state index contributed by atoms with van der Waals surface area (Å²) in [5, 5.41) is 13.6. The van der Waals surface area contributed by atoms with Crippen LogP contribution in [0.2, 0.25) is 5.02 Å². The fraction of sp³-hybridized carbons (Fsp3) is 0.188. The number of nitrogens with zero attached hydrogens (tertiary/aromatic N) is 3. The van der Waals surface area contributed by atoms with Crippen molar-refractivity contribution in [1.82, 2.24) is 9.99 Å². The molecule has 1 aromatic heterocycles. The van der Waals surface area contributed by atoms with E-state index in [0.29, 0.717) is 10.7 Å². The fourth-order valence-electron chi connectivity index (χ4n) is 1.85. The minimum Gasteiger partial charge on any atom is -0.339 e. The van der Waals surface area contributed by atoms with Gasteiger partial charge < -0.3 is 4.57 Å². The van der Waals surface area contributed by atoms with Gasteiger partial charge >= 0.3 is 0 Å². The van der Waals surface area contributed by atoms with Crippen LogP contribution in [0.1, 0.15) is 17.0 Å². The van der Waals surface area contributed by atoms with Crippen molar-refractivity contribution in [1.29, 1.82) is 5.26 Å². The minimum atomic E-state index is -0.199. The van der Waals surface area contributed by atoms with Crippen molar-refractivity contribution in [3.05, 3.63) is 52.3 Å². The molecule has 0 saturated heterocycles. The third kappa shape index (κ3) is 4.62. The first-order chi connectivity index (χ1) is 11.0. The van der Waals surface area contributed by atoms with Crippen LogP contribution in [0.3, 0.4) is 0 Å². The smallest absolute Gasteiger partial charge is 0.250 e. The summed E-state index contributed by atoms with van der Waals surface area (Å²) in [7, 11) is 1.81. The van der Waals surface area contributed by atoms with Crippen molar-refractivity contribution < 1.29 is 4.79 Å². The Bertz CT molecular complexity index is 775. The maximum atomic E-state index is 11.8. The zero-order valence-electron chi connectivity index (χ0n) is 12.7. The molecule has 0 radical (unpaired) electrons. The molecule has 0 aliphatic heterocycles. The standard InChI is InChI=1S/C16H15ClN4OS/c1-11-12(7-14(8-18)21(11)2)9-19-20-16(22)10-23-15-5-3-13(17)4-6-15/h3-7,9H,10H2,1-2H3,(H,20,22)/b19-9-. The van der Waals surface area contributed by atoms with Gasteiger partial charge in [0.05, 0.1) is 12.0 Å². The van der Waals surface area contributed by atoms with Crippen LogP contribution in [-0.2, 0) is 11.8 Å². The number of nitrogens with one attached hydrogen (secondary N) is 1. The molecular weight excluding hydrogens is 332 g/mol. The normalized spacial score (nSPS) is 10.7. The summed E-state index contributed by atoms with van der Waals surface area (Å²) in [5.74, 6) is 0.0613. The Balaban J connectivity index is 1.87. The largest absolute Gasteiger partial charge is 0.339 e. The number of nitriles is 1. The van der Waals surface area contributed by atoms with Crippen LogP contribution >= 0.6 is 23.4 Å². The average Bonchev–Trinajstić information content (AvgIpc) is 2.82. The maximum absolute atomic E-state index is 11.8. The zero-order chi connectivity index (χ0) is 16.8. The molecule has 7 heteroatoms. The molecule has 2 aromatic rings. The van der Waals surface area contributed by atoms with Crippen molar-refractivity contribution in [3.63, 3.8) is 0 Å². The molecule has 0 spiro atoms. The average molecular weight is 347 g/mol. The van der Waals surface area contributed by atoms with E-state index in [0.717, 1.165) is 16.2 Å². The van der Waals surface area contributed by atoms with E-state index in [9.17, 15) is 4.79 Å². The third-order valence-electron chi connectivity index (χ3n) is 3.27. The fourth-order valence-corrected chi connectivity index (χ4v) is 2.66. The highest BCUT2D eigenvalue weighted by Crippen LogP contribution is 2.19. The summed E-state index contributed by atoms with van der Waals surface area (Å²) in [6.45, 7) is 1.89. The molecule has 0 atom stereocenters. The van der Waals surface area contributed by atoms with Crippen LogP contribution in [0, 0.1) is 18.3 Å². The number of hydrogen-bond donors (Lipinski definition) is 1. The number of rotatable bonds is 5.